The summed E-state index contributed by atoms with van der Waals surface area (Å²) >= 11 is 0. The van der Waals surface area contributed by atoms with E-state index in [4.69, 9.17) is 0 Å². The lowest BCUT2D eigenvalue weighted by Crippen LogP contribution is -2.15. The molecule has 18 heavy (non-hydrogen) atoms. The maximum atomic E-state index is 12.0. The minimum Gasteiger partial charge on any atom is -0.310 e. The molecule has 2 aromatic rings. The van der Waals surface area contributed by atoms with Gasteiger partial charge in [0.2, 0.25) is 0 Å². The van der Waals surface area contributed by atoms with Crippen LogP contribution in [-0.4, -0.2) is 9.97 Å². The number of rotatable bonds is 2. The maximum absolute atomic E-state index is 12.0. The predicted octanol–water partition coefficient (Wildman–Crippen LogP) is 2.93. The molecule has 3 nitrogen and oxygen atoms in total. The molecule has 0 unspecified atom stereocenters. The molecule has 3 rings (SSSR count). The standard InChI is InChI=1S/C15H16N2O/c1-9-5-3-4-6-12(9)13-10(2)15(18)17-14(16-13)11-7-8-11/h3-6,11H,7-8H2,1-2H3,(H,16,17,18). The van der Waals surface area contributed by atoms with Gasteiger partial charge >= 0.3 is 0 Å². The fourth-order valence-corrected chi connectivity index (χ4v) is 2.20. The van der Waals surface area contributed by atoms with Crippen LogP contribution in [0.1, 0.15) is 35.7 Å². The molecular formula is C15H16N2O. The van der Waals surface area contributed by atoms with Gasteiger partial charge in [-0.1, -0.05) is 24.3 Å². The Balaban J connectivity index is 2.22. The first-order valence-electron chi connectivity index (χ1n) is 6.33. The number of aromatic nitrogens is 2. The van der Waals surface area contributed by atoms with Crippen LogP contribution in [0.15, 0.2) is 29.1 Å². The third-order valence-corrected chi connectivity index (χ3v) is 3.53. The summed E-state index contributed by atoms with van der Waals surface area (Å²) in [4.78, 5) is 19.6. The van der Waals surface area contributed by atoms with Crippen molar-refractivity contribution in [2.45, 2.75) is 32.6 Å². The largest absolute Gasteiger partial charge is 0.310 e. The molecule has 1 aromatic heterocycles. The molecule has 92 valence electrons. The summed E-state index contributed by atoms with van der Waals surface area (Å²) < 4.78 is 0. The van der Waals surface area contributed by atoms with E-state index in [1.807, 2.05) is 25.1 Å². The zero-order chi connectivity index (χ0) is 12.7. The maximum Gasteiger partial charge on any atom is 0.254 e. The second-order valence-corrected chi connectivity index (χ2v) is 5.01. The third-order valence-electron chi connectivity index (χ3n) is 3.53. The predicted molar refractivity (Wildman–Crippen MR) is 71.7 cm³/mol. The van der Waals surface area contributed by atoms with Crippen molar-refractivity contribution >= 4 is 0 Å². The van der Waals surface area contributed by atoms with Crippen LogP contribution < -0.4 is 5.56 Å². The Kier molecular flexibility index (Phi) is 2.54. The molecule has 1 saturated carbocycles. The van der Waals surface area contributed by atoms with Crippen molar-refractivity contribution in [2.24, 2.45) is 0 Å². The molecule has 3 heteroatoms. The molecular weight excluding hydrogens is 224 g/mol. The van der Waals surface area contributed by atoms with E-state index in [9.17, 15) is 4.79 Å². The van der Waals surface area contributed by atoms with E-state index in [1.54, 1.807) is 0 Å². The highest BCUT2D eigenvalue weighted by atomic mass is 16.1. The Morgan fingerprint density at radius 2 is 1.94 bits per heavy atom. The van der Waals surface area contributed by atoms with Crippen molar-refractivity contribution in [3.8, 4) is 11.3 Å². The molecule has 0 aliphatic heterocycles. The van der Waals surface area contributed by atoms with Crippen LogP contribution in [0.25, 0.3) is 11.3 Å². The quantitative estimate of drug-likeness (QED) is 0.877. The highest BCUT2D eigenvalue weighted by molar-refractivity contribution is 5.66. The molecule has 1 N–H and O–H groups in total. The zero-order valence-corrected chi connectivity index (χ0v) is 10.7. The van der Waals surface area contributed by atoms with Gasteiger partial charge in [-0.15, -0.1) is 0 Å². The lowest BCUT2D eigenvalue weighted by molar-refractivity contribution is 0.900. The van der Waals surface area contributed by atoms with Crippen LogP contribution in [0, 0.1) is 13.8 Å². The Bertz CT molecular complexity index is 654. The fourth-order valence-electron chi connectivity index (χ4n) is 2.20. The summed E-state index contributed by atoms with van der Waals surface area (Å²) in [6.45, 7) is 3.89. The van der Waals surface area contributed by atoms with E-state index >= 15 is 0 Å². The average molecular weight is 240 g/mol. The Labute approximate surface area is 106 Å². The SMILES string of the molecule is Cc1ccccc1-c1nc(C2CC2)[nH]c(=O)c1C. The van der Waals surface area contributed by atoms with Crippen LogP contribution in [0.4, 0.5) is 0 Å². The van der Waals surface area contributed by atoms with Gasteiger partial charge in [0.05, 0.1) is 5.69 Å². The first-order valence-corrected chi connectivity index (χ1v) is 6.33. The highest BCUT2D eigenvalue weighted by Gasteiger charge is 2.27. The lowest BCUT2D eigenvalue weighted by Gasteiger charge is -2.09. The summed E-state index contributed by atoms with van der Waals surface area (Å²) in [6.07, 6.45) is 2.28. The van der Waals surface area contributed by atoms with Gasteiger partial charge in [0.25, 0.3) is 5.56 Å². The van der Waals surface area contributed by atoms with Crippen molar-refractivity contribution in [1.82, 2.24) is 9.97 Å². The van der Waals surface area contributed by atoms with E-state index in [0.717, 1.165) is 35.5 Å². The third kappa shape index (κ3) is 1.86. The molecule has 1 aliphatic carbocycles. The van der Waals surface area contributed by atoms with Crippen molar-refractivity contribution in [3.05, 3.63) is 51.6 Å². The molecule has 1 aromatic carbocycles. The van der Waals surface area contributed by atoms with E-state index in [-0.39, 0.29) is 5.56 Å². The summed E-state index contributed by atoms with van der Waals surface area (Å²) in [5, 5.41) is 0. The number of nitrogens with one attached hydrogen (secondary N) is 1. The average Bonchev–Trinajstić information content (AvgIpc) is 3.18. The van der Waals surface area contributed by atoms with Crippen LogP contribution >= 0.6 is 0 Å². The molecule has 0 bridgehead atoms. The van der Waals surface area contributed by atoms with E-state index < -0.39 is 0 Å². The smallest absolute Gasteiger partial charge is 0.254 e. The van der Waals surface area contributed by atoms with Gasteiger partial charge in [0.1, 0.15) is 5.82 Å². The van der Waals surface area contributed by atoms with Crippen molar-refractivity contribution < 1.29 is 0 Å². The van der Waals surface area contributed by atoms with Crippen molar-refractivity contribution in [1.29, 1.82) is 0 Å². The van der Waals surface area contributed by atoms with Crippen LogP contribution in [0.3, 0.4) is 0 Å². The van der Waals surface area contributed by atoms with Gasteiger partial charge in [-0.3, -0.25) is 4.79 Å². The molecule has 0 radical (unpaired) electrons. The number of aryl methyl sites for hydroxylation is 1. The monoisotopic (exact) mass is 240 g/mol. The summed E-state index contributed by atoms with van der Waals surface area (Å²) in [7, 11) is 0. The Hall–Kier alpha value is -1.90. The molecule has 0 atom stereocenters. The molecule has 0 spiro atoms. The number of aromatic amines is 1. The minimum absolute atomic E-state index is 0.00912. The second kappa shape index (κ2) is 4.09. The van der Waals surface area contributed by atoms with Crippen molar-refractivity contribution in [2.75, 3.05) is 0 Å². The number of H-pyrrole nitrogens is 1. The summed E-state index contributed by atoms with van der Waals surface area (Å²) in [6, 6.07) is 8.07. The zero-order valence-electron chi connectivity index (χ0n) is 10.7. The fraction of sp³-hybridized carbons (Fsp3) is 0.333. The molecule has 0 amide bonds. The number of nitrogens with zero attached hydrogens (tertiary/aromatic N) is 1. The second-order valence-electron chi connectivity index (χ2n) is 5.01. The van der Waals surface area contributed by atoms with Crippen molar-refractivity contribution in [3.63, 3.8) is 0 Å². The van der Waals surface area contributed by atoms with E-state index in [0.29, 0.717) is 11.5 Å². The normalized spacial score (nSPS) is 14.8. The minimum atomic E-state index is -0.00912. The number of hydrogen-bond acceptors (Lipinski definition) is 2. The summed E-state index contributed by atoms with van der Waals surface area (Å²) in [5.74, 6) is 1.31. The topological polar surface area (TPSA) is 45.8 Å². The van der Waals surface area contributed by atoms with Gasteiger partial charge in [0.15, 0.2) is 0 Å². The van der Waals surface area contributed by atoms with Crippen LogP contribution in [0.2, 0.25) is 0 Å². The van der Waals surface area contributed by atoms with Crippen LogP contribution in [0.5, 0.6) is 0 Å². The highest BCUT2D eigenvalue weighted by Crippen LogP contribution is 2.38. The van der Waals surface area contributed by atoms with E-state index in [2.05, 4.69) is 23.0 Å². The first kappa shape index (κ1) is 11.2. The molecule has 1 aliphatic rings. The van der Waals surface area contributed by atoms with Gasteiger partial charge in [-0.2, -0.15) is 0 Å². The number of benzene rings is 1. The van der Waals surface area contributed by atoms with Gasteiger partial charge in [-0.25, -0.2) is 4.98 Å². The van der Waals surface area contributed by atoms with Gasteiger partial charge in [-0.05, 0) is 32.3 Å². The molecule has 0 saturated heterocycles. The van der Waals surface area contributed by atoms with Gasteiger partial charge in [0, 0.05) is 17.0 Å². The molecule has 1 fully saturated rings. The van der Waals surface area contributed by atoms with E-state index in [1.165, 1.54) is 0 Å². The van der Waals surface area contributed by atoms with Gasteiger partial charge < -0.3 is 4.98 Å². The summed E-state index contributed by atoms with van der Waals surface area (Å²) in [5.41, 5.74) is 3.74. The first-order chi connectivity index (χ1) is 8.66. The number of hydrogen-bond donors (Lipinski definition) is 1. The lowest BCUT2D eigenvalue weighted by atomic mass is 10.0. The Morgan fingerprint density at radius 3 is 2.61 bits per heavy atom. The Morgan fingerprint density at radius 1 is 1.22 bits per heavy atom. The molecule has 1 heterocycles. The van der Waals surface area contributed by atoms with Crippen LogP contribution in [-0.2, 0) is 0 Å².